The molecule has 0 aromatic heterocycles. The molecule has 0 atom stereocenters. The molecule has 1 nitrogen and oxygen atoms in total. The fraction of sp³-hybridized carbons (Fsp3) is 0.429. The van der Waals surface area contributed by atoms with Crippen LogP contribution in [0.5, 0.6) is 5.75 Å². The SMILES string of the molecule is Cc1ccc(OCc2ccc(C3CCC(C)CC3)c(F)c2F)c(F)c1F. The van der Waals surface area contributed by atoms with E-state index in [-0.39, 0.29) is 29.4 Å². The first kappa shape index (κ1) is 18.7. The highest BCUT2D eigenvalue weighted by molar-refractivity contribution is 5.32. The Morgan fingerprint density at radius 1 is 0.846 bits per heavy atom. The second-order valence-electron chi connectivity index (χ2n) is 7.20. The van der Waals surface area contributed by atoms with E-state index in [1.54, 1.807) is 6.07 Å². The molecule has 0 aliphatic heterocycles. The topological polar surface area (TPSA) is 9.23 Å². The lowest BCUT2D eigenvalue weighted by molar-refractivity contribution is 0.276. The Labute approximate surface area is 151 Å². The summed E-state index contributed by atoms with van der Waals surface area (Å²) < 4.78 is 61.5. The van der Waals surface area contributed by atoms with Crippen molar-refractivity contribution < 1.29 is 22.3 Å². The average Bonchev–Trinajstić information content (AvgIpc) is 2.63. The van der Waals surface area contributed by atoms with Gasteiger partial charge in [-0.3, -0.25) is 0 Å². The van der Waals surface area contributed by atoms with Crippen LogP contribution < -0.4 is 4.74 Å². The molecule has 1 saturated carbocycles. The summed E-state index contributed by atoms with van der Waals surface area (Å²) in [5, 5.41) is 0. The number of halogens is 4. The Bertz CT molecular complexity index is 795. The maximum atomic E-state index is 14.5. The van der Waals surface area contributed by atoms with Gasteiger partial charge in [-0.25, -0.2) is 13.2 Å². The molecule has 0 unspecified atom stereocenters. The fourth-order valence-corrected chi connectivity index (χ4v) is 3.50. The molecular formula is C21H22F4O. The van der Waals surface area contributed by atoms with Gasteiger partial charge in [-0.2, -0.15) is 4.39 Å². The smallest absolute Gasteiger partial charge is 0.200 e. The Morgan fingerprint density at radius 2 is 1.54 bits per heavy atom. The van der Waals surface area contributed by atoms with Crippen LogP contribution in [0.2, 0.25) is 0 Å². The molecule has 5 heteroatoms. The van der Waals surface area contributed by atoms with Gasteiger partial charge in [-0.05, 0) is 48.8 Å². The molecule has 0 radical (unpaired) electrons. The summed E-state index contributed by atoms with van der Waals surface area (Å²) in [5.74, 6) is -3.64. The van der Waals surface area contributed by atoms with Gasteiger partial charge in [-0.1, -0.05) is 38.0 Å². The highest BCUT2D eigenvalue weighted by atomic mass is 19.2. The number of hydrogen-bond acceptors (Lipinski definition) is 1. The minimum atomic E-state index is -1.13. The minimum absolute atomic E-state index is 0.0178. The highest BCUT2D eigenvalue weighted by Gasteiger charge is 2.25. The summed E-state index contributed by atoms with van der Waals surface area (Å²) >= 11 is 0. The summed E-state index contributed by atoms with van der Waals surface area (Å²) in [7, 11) is 0. The van der Waals surface area contributed by atoms with Crippen molar-refractivity contribution in [2.45, 2.75) is 52.1 Å². The van der Waals surface area contributed by atoms with Crippen LogP contribution in [-0.4, -0.2) is 0 Å². The van der Waals surface area contributed by atoms with Crippen LogP contribution in [0.4, 0.5) is 17.6 Å². The van der Waals surface area contributed by atoms with E-state index >= 15 is 0 Å². The van der Waals surface area contributed by atoms with E-state index in [9.17, 15) is 17.6 Å². The quantitative estimate of drug-likeness (QED) is 0.567. The van der Waals surface area contributed by atoms with Crippen molar-refractivity contribution in [3.63, 3.8) is 0 Å². The molecule has 1 fully saturated rings. The van der Waals surface area contributed by atoms with Crippen molar-refractivity contribution in [1.29, 1.82) is 0 Å². The van der Waals surface area contributed by atoms with Gasteiger partial charge in [0.05, 0.1) is 0 Å². The lowest BCUT2D eigenvalue weighted by Gasteiger charge is -2.27. The molecule has 0 heterocycles. The van der Waals surface area contributed by atoms with Gasteiger partial charge < -0.3 is 4.74 Å². The average molecular weight is 366 g/mol. The largest absolute Gasteiger partial charge is 0.486 e. The van der Waals surface area contributed by atoms with E-state index in [1.165, 1.54) is 25.1 Å². The molecule has 26 heavy (non-hydrogen) atoms. The van der Waals surface area contributed by atoms with Crippen LogP contribution in [0.3, 0.4) is 0 Å². The minimum Gasteiger partial charge on any atom is -0.486 e. The van der Waals surface area contributed by atoms with Gasteiger partial charge in [0.15, 0.2) is 23.2 Å². The lowest BCUT2D eigenvalue weighted by Crippen LogP contribution is -2.13. The van der Waals surface area contributed by atoms with E-state index in [0.29, 0.717) is 11.5 Å². The van der Waals surface area contributed by atoms with Gasteiger partial charge in [0.25, 0.3) is 0 Å². The standard InChI is InChI=1S/C21H22F4O/c1-12-3-6-14(7-4-12)16-9-8-15(19(23)20(16)24)11-26-17-10-5-13(2)18(22)21(17)25/h5,8-10,12,14H,3-4,6-7,11H2,1-2H3. The molecule has 0 amide bonds. The van der Waals surface area contributed by atoms with E-state index < -0.39 is 23.3 Å². The zero-order chi connectivity index (χ0) is 18.8. The van der Waals surface area contributed by atoms with E-state index in [2.05, 4.69) is 6.92 Å². The zero-order valence-corrected chi connectivity index (χ0v) is 14.9. The molecule has 2 aromatic carbocycles. The van der Waals surface area contributed by atoms with Crippen molar-refractivity contribution in [3.05, 3.63) is 64.2 Å². The van der Waals surface area contributed by atoms with Crippen molar-refractivity contribution in [1.82, 2.24) is 0 Å². The first-order valence-corrected chi connectivity index (χ1v) is 8.92. The van der Waals surface area contributed by atoms with Crippen LogP contribution >= 0.6 is 0 Å². The van der Waals surface area contributed by atoms with Crippen molar-refractivity contribution in [2.24, 2.45) is 5.92 Å². The molecule has 0 spiro atoms. The van der Waals surface area contributed by atoms with Gasteiger partial charge in [-0.15, -0.1) is 0 Å². The van der Waals surface area contributed by atoms with Crippen molar-refractivity contribution >= 4 is 0 Å². The third kappa shape index (κ3) is 3.71. The van der Waals surface area contributed by atoms with Crippen molar-refractivity contribution in [3.8, 4) is 5.75 Å². The second-order valence-corrected chi connectivity index (χ2v) is 7.20. The summed E-state index contributed by atoms with van der Waals surface area (Å²) in [6.07, 6.45) is 3.71. The predicted molar refractivity (Wildman–Crippen MR) is 92.2 cm³/mol. The molecule has 1 aliphatic carbocycles. The molecule has 1 aliphatic rings. The molecule has 0 N–H and O–H groups in total. The first-order chi connectivity index (χ1) is 12.4. The van der Waals surface area contributed by atoms with Crippen LogP contribution in [-0.2, 0) is 6.61 Å². The van der Waals surface area contributed by atoms with Crippen LogP contribution in [0.15, 0.2) is 24.3 Å². The molecule has 140 valence electrons. The van der Waals surface area contributed by atoms with Gasteiger partial charge in [0.1, 0.15) is 6.61 Å². The van der Waals surface area contributed by atoms with Crippen LogP contribution in [0.25, 0.3) is 0 Å². The Balaban J connectivity index is 1.75. The molecule has 0 saturated heterocycles. The Kier molecular flexibility index (Phi) is 5.54. The molecule has 2 aromatic rings. The highest BCUT2D eigenvalue weighted by Crippen LogP contribution is 2.37. The van der Waals surface area contributed by atoms with E-state index in [1.807, 2.05) is 0 Å². The fourth-order valence-electron chi connectivity index (χ4n) is 3.50. The van der Waals surface area contributed by atoms with Crippen LogP contribution in [0, 0.1) is 36.1 Å². The summed E-state index contributed by atoms with van der Waals surface area (Å²) in [5.41, 5.74) is 0.528. The zero-order valence-electron chi connectivity index (χ0n) is 14.9. The number of aryl methyl sites for hydroxylation is 1. The number of ether oxygens (including phenoxy) is 1. The number of rotatable bonds is 4. The third-order valence-electron chi connectivity index (χ3n) is 5.27. The van der Waals surface area contributed by atoms with Gasteiger partial charge in [0.2, 0.25) is 5.82 Å². The van der Waals surface area contributed by atoms with Gasteiger partial charge in [0, 0.05) is 5.56 Å². The first-order valence-electron chi connectivity index (χ1n) is 8.92. The van der Waals surface area contributed by atoms with Crippen LogP contribution in [0.1, 0.15) is 55.2 Å². The number of benzene rings is 2. The Morgan fingerprint density at radius 3 is 2.23 bits per heavy atom. The third-order valence-corrected chi connectivity index (χ3v) is 5.27. The Hall–Kier alpha value is -2.04. The molecular weight excluding hydrogens is 344 g/mol. The maximum absolute atomic E-state index is 14.5. The molecule has 3 rings (SSSR count). The normalized spacial score (nSPS) is 20.2. The maximum Gasteiger partial charge on any atom is 0.200 e. The van der Waals surface area contributed by atoms with Gasteiger partial charge >= 0.3 is 0 Å². The monoisotopic (exact) mass is 366 g/mol. The summed E-state index contributed by atoms with van der Waals surface area (Å²) in [6.45, 7) is 3.23. The van der Waals surface area contributed by atoms with Crippen molar-refractivity contribution in [2.75, 3.05) is 0 Å². The number of hydrogen-bond donors (Lipinski definition) is 0. The van der Waals surface area contributed by atoms with E-state index in [0.717, 1.165) is 25.7 Å². The molecule has 0 bridgehead atoms. The lowest BCUT2D eigenvalue weighted by atomic mass is 9.79. The van der Waals surface area contributed by atoms with E-state index in [4.69, 9.17) is 4.74 Å². The predicted octanol–water partition coefficient (Wildman–Crippen LogP) is 6.42. The summed E-state index contributed by atoms with van der Waals surface area (Å²) in [4.78, 5) is 0. The second kappa shape index (κ2) is 7.68. The summed E-state index contributed by atoms with van der Waals surface area (Å²) in [6, 6.07) is 5.70.